The molecule has 2 N–H and O–H groups in total. The quantitative estimate of drug-likeness (QED) is 0.891. The lowest BCUT2D eigenvalue weighted by atomic mass is 10.4. The summed E-state index contributed by atoms with van der Waals surface area (Å²) >= 11 is 1.40. The van der Waals surface area contributed by atoms with Crippen LogP contribution in [0.25, 0.3) is 10.7 Å². The van der Waals surface area contributed by atoms with E-state index in [1.165, 1.54) is 15.9 Å². The third kappa shape index (κ3) is 2.11. The summed E-state index contributed by atoms with van der Waals surface area (Å²) in [5.41, 5.74) is 0. The summed E-state index contributed by atoms with van der Waals surface area (Å²) < 4.78 is 29.4. The highest BCUT2D eigenvalue weighted by Gasteiger charge is 2.23. The van der Waals surface area contributed by atoms with Gasteiger partial charge in [-0.25, -0.2) is 13.6 Å². The van der Waals surface area contributed by atoms with Crippen LogP contribution in [0, 0.1) is 0 Å². The van der Waals surface area contributed by atoms with Crippen LogP contribution in [0.1, 0.15) is 6.92 Å². The zero-order valence-electron chi connectivity index (χ0n) is 9.82. The number of rotatable bonds is 4. The number of nitrogens with zero attached hydrogens (tertiary/aromatic N) is 3. The van der Waals surface area contributed by atoms with E-state index >= 15 is 0 Å². The van der Waals surface area contributed by atoms with Gasteiger partial charge in [-0.1, -0.05) is 0 Å². The zero-order valence-corrected chi connectivity index (χ0v) is 11.5. The number of thiophene rings is 1. The van der Waals surface area contributed by atoms with E-state index in [1.54, 1.807) is 20.1 Å². The minimum absolute atomic E-state index is 0.240. The van der Waals surface area contributed by atoms with Crippen LogP contribution < -0.4 is 9.88 Å². The van der Waals surface area contributed by atoms with Crippen molar-refractivity contribution >= 4 is 21.4 Å². The molecule has 0 unspecified atom stereocenters. The van der Waals surface area contributed by atoms with E-state index in [4.69, 9.17) is 9.88 Å². The lowest BCUT2D eigenvalue weighted by Gasteiger charge is -2.06. The maximum atomic E-state index is 11.4. The monoisotopic (exact) mass is 288 g/mol. The maximum Gasteiger partial charge on any atom is 0.273 e. The molecule has 0 saturated carbocycles. The van der Waals surface area contributed by atoms with Gasteiger partial charge in [0.25, 0.3) is 15.2 Å². The zero-order chi connectivity index (χ0) is 13.3. The molecule has 0 saturated heterocycles. The first-order chi connectivity index (χ1) is 8.49. The van der Waals surface area contributed by atoms with Crippen molar-refractivity contribution < 1.29 is 13.2 Å². The van der Waals surface area contributed by atoms with Gasteiger partial charge in [-0.2, -0.15) is 0 Å². The number of hydrogen-bond donors (Lipinski definition) is 1. The Labute approximate surface area is 108 Å². The predicted molar refractivity (Wildman–Crippen MR) is 66.9 cm³/mol. The summed E-state index contributed by atoms with van der Waals surface area (Å²) in [5, 5.41) is 14.2. The second kappa shape index (κ2) is 4.67. The summed E-state index contributed by atoms with van der Waals surface area (Å²) in [7, 11) is -2.34. The maximum absolute atomic E-state index is 11.4. The molecule has 18 heavy (non-hydrogen) atoms. The van der Waals surface area contributed by atoms with Crippen molar-refractivity contribution in [3.8, 4) is 16.5 Å². The van der Waals surface area contributed by atoms with Crippen LogP contribution in [0.2, 0.25) is 0 Å². The molecule has 2 rings (SSSR count). The van der Waals surface area contributed by atoms with E-state index in [2.05, 4.69) is 10.2 Å². The largest absolute Gasteiger partial charge is 0.495 e. The van der Waals surface area contributed by atoms with Crippen molar-refractivity contribution in [1.29, 1.82) is 0 Å². The van der Waals surface area contributed by atoms with Crippen LogP contribution >= 0.6 is 11.3 Å². The number of primary sulfonamides is 1. The molecule has 0 bridgehead atoms. The second-order valence-electron chi connectivity index (χ2n) is 3.41. The van der Waals surface area contributed by atoms with Gasteiger partial charge in [-0.3, -0.25) is 4.57 Å². The number of nitrogens with two attached hydrogens (primary N) is 1. The van der Waals surface area contributed by atoms with Gasteiger partial charge in [-0.05, 0) is 18.4 Å². The molecule has 98 valence electrons. The van der Waals surface area contributed by atoms with E-state index in [0.29, 0.717) is 18.1 Å². The first-order valence-corrected chi connectivity index (χ1v) is 7.49. The summed E-state index contributed by atoms with van der Waals surface area (Å²) in [6, 6.07) is 1.78. The average molecular weight is 288 g/mol. The van der Waals surface area contributed by atoms with Crippen LogP contribution in [0.5, 0.6) is 5.75 Å². The van der Waals surface area contributed by atoms with Crippen LogP contribution in [-0.4, -0.2) is 30.3 Å². The smallest absolute Gasteiger partial charge is 0.273 e. The molecule has 0 aromatic carbocycles. The van der Waals surface area contributed by atoms with Gasteiger partial charge in [0.05, 0.1) is 7.11 Å². The second-order valence-corrected chi connectivity index (χ2v) is 5.78. The molecule has 2 aromatic rings. The Kier molecular flexibility index (Phi) is 3.37. The van der Waals surface area contributed by atoms with E-state index in [9.17, 15) is 8.42 Å². The van der Waals surface area contributed by atoms with Crippen LogP contribution in [0.15, 0.2) is 16.6 Å². The van der Waals surface area contributed by atoms with Gasteiger partial charge >= 0.3 is 0 Å². The lowest BCUT2D eigenvalue weighted by molar-refractivity contribution is 0.417. The molecular weight excluding hydrogens is 276 g/mol. The van der Waals surface area contributed by atoms with Gasteiger partial charge in [0.1, 0.15) is 10.6 Å². The number of hydrogen-bond acceptors (Lipinski definition) is 6. The summed E-state index contributed by atoms with van der Waals surface area (Å²) in [4.78, 5) is 0.724. The Bertz CT molecular complexity index is 659. The molecule has 0 aliphatic carbocycles. The first-order valence-electron chi connectivity index (χ1n) is 5.07. The fourth-order valence-electron chi connectivity index (χ4n) is 1.57. The molecule has 9 heteroatoms. The Balaban J connectivity index is 2.64. The van der Waals surface area contributed by atoms with Crippen molar-refractivity contribution in [2.75, 3.05) is 7.11 Å². The molecule has 0 atom stereocenters. The lowest BCUT2D eigenvalue weighted by Crippen LogP contribution is -2.18. The molecule has 7 nitrogen and oxygen atoms in total. The van der Waals surface area contributed by atoms with Crippen molar-refractivity contribution in [2.24, 2.45) is 5.14 Å². The fourth-order valence-corrected chi connectivity index (χ4v) is 3.10. The Hall–Kier alpha value is -1.45. The van der Waals surface area contributed by atoms with Gasteiger partial charge in [0.15, 0.2) is 5.82 Å². The van der Waals surface area contributed by atoms with Crippen LogP contribution in [-0.2, 0) is 16.6 Å². The van der Waals surface area contributed by atoms with E-state index in [-0.39, 0.29) is 5.16 Å². The highest BCUT2D eigenvalue weighted by Crippen LogP contribution is 2.34. The van der Waals surface area contributed by atoms with E-state index in [1.807, 2.05) is 5.38 Å². The predicted octanol–water partition coefficient (Wildman–Crippen LogP) is 0.682. The summed E-state index contributed by atoms with van der Waals surface area (Å²) in [6.45, 7) is 2.19. The average Bonchev–Trinajstić information content (AvgIpc) is 2.93. The van der Waals surface area contributed by atoms with Gasteiger partial charge in [0.2, 0.25) is 0 Å². The number of ether oxygens (including phenoxy) is 1. The van der Waals surface area contributed by atoms with Crippen LogP contribution in [0.4, 0.5) is 0 Å². The normalized spacial score (nSPS) is 11.7. The molecule has 0 spiro atoms. The molecule has 0 radical (unpaired) electrons. The molecule has 2 aromatic heterocycles. The van der Waals surface area contributed by atoms with Gasteiger partial charge in [0, 0.05) is 6.54 Å². The first kappa shape index (κ1) is 13.0. The third-order valence-electron chi connectivity index (χ3n) is 2.34. The molecule has 0 aliphatic heterocycles. The SMILES string of the molecule is CCn1c(-c2sccc2OC)nnc1S(N)(=O)=O. The summed E-state index contributed by atoms with van der Waals surface area (Å²) in [5.74, 6) is 1.07. The van der Waals surface area contributed by atoms with Crippen molar-refractivity contribution in [2.45, 2.75) is 18.6 Å². The molecule has 0 aliphatic rings. The van der Waals surface area contributed by atoms with Crippen molar-refractivity contribution in [3.63, 3.8) is 0 Å². The number of aromatic nitrogens is 3. The van der Waals surface area contributed by atoms with Crippen molar-refractivity contribution in [1.82, 2.24) is 14.8 Å². The summed E-state index contributed by atoms with van der Waals surface area (Å²) in [6.07, 6.45) is 0. The highest BCUT2D eigenvalue weighted by molar-refractivity contribution is 7.89. The Morgan fingerprint density at radius 3 is 2.78 bits per heavy atom. The van der Waals surface area contributed by atoms with Gasteiger partial charge < -0.3 is 4.74 Å². The fraction of sp³-hybridized carbons (Fsp3) is 0.333. The molecule has 0 amide bonds. The van der Waals surface area contributed by atoms with Crippen LogP contribution in [0.3, 0.4) is 0 Å². The van der Waals surface area contributed by atoms with E-state index in [0.717, 1.165) is 4.88 Å². The highest BCUT2D eigenvalue weighted by atomic mass is 32.2. The number of methoxy groups -OCH3 is 1. The Morgan fingerprint density at radius 2 is 2.22 bits per heavy atom. The third-order valence-corrected chi connectivity index (χ3v) is 4.04. The standard InChI is InChI=1S/C9H12N4O3S2/c1-3-13-8(7-6(16-2)4-5-17-7)11-12-9(13)18(10,14)15/h4-5H,3H2,1-2H3,(H2,10,14,15). The molecular formula is C9H12N4O3S2. The number of sulfonamides is 1. The minimum Gasteiger partial charge on any atom is -0.495 e. The minimum atomic E-state index is -3.88. The van der Waals surface area contributed by atoms with E-state index < -0.39 is 10.0 Å². The Morgan fingerprint density at radius 1 is 1.50 bits per heavy atom. The molecule has 2 heterocycles. The molecule has 0 fully saturated rings. The topological polar surface area (TPSA) is 100 Å². The van der Waals surface area contributed by atoms with Crippen molar-refractivity contribution in [3.05, 3.63) is 11.4 Å². The van der Waals surface area contributed by atoms with Gasteiger partial charge in [-0.15, -0.1) is 21.5 Å².